The summed E-state index contributed by atoms with van der Waals surface area (Å²) in [5, 5.41) is 0. The van der Waals surface area contributed by atoms with Gasteiger partial charge in [-0.3, -0.25) is 13.9 Å². The van der Waals surface area contributed by atoms with Crippen molar-refractivity contribution in [3.63, 3.8) is 0 Å². The Morgan fingerprint density at radius 3 is 2.36 bits per heavy atom. The van der Waals surface area contributed by atoms with Crippen LogP contribution in [0.3, 0.4) is 0 Å². The summed E-state index contributed by atoms with van der Waals surface area (Å²) in [6.07, 6.45) is 1.64. The molecule has 0 amide bonds. The highest BCUT2D eigenvalue weighted by molar-refractivity contribution is 5.48. The van der Waals surface area contributed by atoms with E-state index in [0.717, 1.165) is 16.0 Å². The van der Waals surface area contributed by atoms with Crippen molar-refractivity contribution in [3.05, 3.63) is 86.6 Å². The molecule has 3 aromatic rings. The van der Waals surface area contributed by atoms with E-state index in [2.05, 4.69) is 4.90 Å². The Hall–Kier alpha value is -3.02. The van der Waals surface area contributed by atoms with Crippen molar-refractivity contribution in [2.24, 2.45) is 14.1 Å². The van der Waals surface area contributed by atoms with Gasteiger partial charge in [0.25, 0.3) is 5.56 Å². The van der Waals surface area contributed by atoms with Gasteiger partial charge in [-0.1, -0.05) is 17.7 Å². The highest BCUT2D eigenvalue weighted by Gasteiger charge is 2.14. The molecule has 0 saturated heterocycles. The number of aryl methyl sites for hydroxylation is 1. The number of rotatable bonds is 5. The van der Waals surface area contributed by atoms with Crippen molar-refractivity contribution < 1.29 is 4.42 Å². The minimum absolute atomic E-state index is 0.306. The summed E-state index contributed by atoms with van der Waals surface area (Å²) >= 11 is 0. The Morgan fingerprint density at radius 1 is 1.00 bits per heavy atom. The molecular weight excluding hydrogens is 318 g/mol. The molecule has 2 heterocycles. The molecule has 0 radical (unpaired) electrons. The standard InChI is InChI=1S/C19H21N3O3/c1-14-6-8-15(9-7-14)22(13-17-5-4-10-25-17)12-16-11-18(23)21(3)19(24)20(16)2/h4-11H,12-13H2,1-3H3. The molecule has 0 spiro atoms. The number of furan rings is 1. The fourth-order valence-electron chi connectivity index (χ4n) is 2.71. The van der Waals surface area contributed by atoms with Crippen LogP contribution in [0.25, 0.3) is 0 Å². The van der Waals surface area contributed by atoms with Gasteiger partial charge in [-0.15, -0.1) is 0 Å². The van der Waals surface area contributed by atoms with Crippen LogP contribution in [-0.4, -0.2) is 9.13 Å². The van der Waals surface area contributed by atoms with E-state index in [0.29, 0.717) is 18.8 Å². The summed E-state index contributed by atoms with van der Waals surface area (Å²) in [7, 11) is 3.16. The smallest absolute Gasteiger partial charge is 0.330 e. The van der Waals surface area contributed by atoms with Crippen LogP contribution in [0.15, 0.2) is 62.7 Å². The molecule has 0 atom stereocenters. The van der Waals surface area contributed by atoms with Crippen LogP contribution in [0.2, 0.25) is 0 Å². The first-order valence-corrected chi connectivity index (χ1v) is 8.05. The predicted octanol–water partition coefficient (Wildman–Crippen LogP) is 2.19. The van der Waals surface area contributed by atoms with Crippen molar-refractivity contribution in [2.75, 3.05) is 4.90 Å². The summed E-state index contributed by atoms with van der Waals surface area (Å²) in [6, 6.07) is 13.4. The summed E-state index contributed by atoms with van der Waals surface area (Å²) in [5.41, 5.74) is 2.18. The van der Waals surface area contributed by atoms with Crippen molar-refractivity contribution in [3.8, 4) is 0 Å². The third-order valence-corrected chi connectivity index (χ3v) is 4.30. The third kappa shape index (κ3) is 3.57. The number of benzene rings is 1. The van der Waals surface area contributed by atoms with Crippen molar-refractivity contribution in [1.82, 2.24) is 9.13 Å². The average Bonchev–Trinajstić information content (AvgIpc) is 3.11. The number of hydrogen-bond acceptors (Lipinski definition) is 4. The molecule has 3 rings (SSSR count). The van der Waals surface area contributed by atoms with Crippen LogP contribution in [0.4, 0.5) is 5.69 Å². The molecule has 130 valence electrons. The largest absolute Gasteiger partial charge is 0.467 e. The van der Waals surface area contributed by atoms with Crippen LogP contribution in [0.5, 0.6) is 0 Å². The maximum Gasteiger partial charge on any atom is 0.330 e. The normalized spacial score (nSPS) is 10.8. The van der Waals surface area contributed by atoms with Gasteiger partial charge in [-0.25, -0.2) is 4.79 Å². The fraction of sp³-hybridized carbons (Fsp3) is 0.263. The van der Waals surface area contributed by atoms with E-state index in [9.17, 15) is 9.59 Å². The van der Waals surface area contributed by atoms with Gasteiger partial charge in [0.1, 0.15) is 5.76 Å². The first kappa shape index (κ1) is 16.8. The number of anilines is 1. The lowest BCUT2D eigenvalue weighted by atomic mass is 10.2. The van der Waals surface area contributed by atoms with Gasteiger partial charge in [-0.05, 0) is 31.2 Å². The fourth-order valence-corrected chi connectivity index (χ4v) is 2.71. The van der Waals surface area contributed by atoms with Crippen LogP contribution in [0.1, 0.15) is 17.0 Å². The summed E-state index contributed by atoms with van der Waals surface area (Å²) < 4.78 is 8.08. The minimum Gasteiger partial charge on any atom is -0.467 e. The van der Waals surface area contributed by atoms with E-state index in [1.165, 1.54) is 23.2 Å². The van der Waals surface area contributed by atoms with Gasteiger partial charge in [0.15, 0.2) is 0 Å². The molecule has 6 heteroatoms. The summed E-state index contributed by atoms with van der Waals surface area (Å²) in [4.78, 5) is 26.3. The molecule has 0 bridgehead atoms. The van der Waals surface area contributed by atoms with Crippen LogP contribution in [0, 0.1) is 6.92 Å². The van der Waals surface area contributed by atoms with Crippen molar-refractivity contribution in [2.45, 2.75) is 20.0 Å². The van der Waals surface area contributed by atoms with E-state index in [1.807, 2.05) is 43.3 Å². The van der Waals surface area contributed by atoms with E-state index < -0.39 is 0 Å². The van der Waals surface area contributed by atoms with E-state index >= 15 is 0 Å². The van der Waals surface area contributed by atoms with E-state index in [4.69, 9.17) is 4.42 Å². The zero-order valence-corrected chi connectivity index (χ0v) is 14.6. The molecule has 0 fully saturated rings. The Kier molecular flexibility index (Phi) is 4.61. The quantitative estimate of drug-likeness (QED) is 0.715. The molecule has 0 N–H and O–H groups in total. The number of hydrogen-bond donors (Lipinski definition) is 0. The van der Waals surface area contributed by atoms with Gasteiger partial charge < -0.3 is 9.32 Å². The molecule has 25 heavy (non-hydrogen) atoms. The summed E-state index contributed by atoms with van der Waals surface area (Å²) in [6.45, 7) is 3.00. The van der Waals surface area contributed by atoms with Gasteiger partial charge in [0.2, 0.25) is 0 Å². The molecule has 0 saturated carbocycles. The second-order valence-electron chi connectivity index (χ2n) is 6.15. The number of aromatic nitrogens is 2. The first-order chi connectivity index (χ1) is 12.0. The lowest BCUT2D eigenvalue weighted by Gasteiger charge is -2.25. The SMILES string of the molecule is Cc1ccc(N(Cc2ccco2)Cc2cc(=O)n(C)c(=O)n2C)cc1. The second-order valence-corrected chi connectivity index (χ2v) is 6.15. The molecule has 0 aliphatic heterocycles. The van der Waals surface area contributed by atoms with Crippen LogP contribution < -0.4 is 16.1 Å². The van der Waals surface area contributed by atoms with Gasteiger partial charge in [0.05, 0.1) is 19.4 Å². The van der Waals surface area contributed by atoms with Gasteiger partial charge in [-0.2, -0.15) is 0 Å². The molecular formula is C19H21N3O3. The molecule has 0 aliphatic rings. The topological polar surface area (TPSA) is 60.4 Å². The van der Waals surface area contributed by atoms with E-state index in [1.54, 1.807) is 13.3 Å². The van der Waals surface area contributed by atoms with Crippen LogP contribution in [-0.2, 0) is 27.2 Å². The minimum atomic E-state index is -0.329. The maximum absolute atomic E-state index is 12.2. The first-order valence-electron chi connectivity index (χ1n) is 8.05. The van der Waals surface area contributed by atoms with E-state index in [-0.39, 0.29) is 11.2 Å². The zero-order valence-electron chi connectivity index (χ0n) is 14.6. The maximum atomic E-state index is 12.2. The van der Waals surface area contributed by atoms with Crippen molar-refractivity contribution in [1.29, 1.82) is 0 Å². The highest BCUT2D eigenvalue weighted by atomic mass is 16.3. The zero-order chi connectivity index (χ0) is 18.0. The molecule has 0 unspecified atom stereocenters. The lowest BCUT2D eigenvalue weighted by Crippen LogP contribution is -2.39. The average molecular weight is 339 g/mol. The molecule has 2 aromatic heterocycles. The Morgan fingerprint density at radius 2 is 1.72 bits per heavy atom. The highest BCUT2D eigenvalue weighted by Crippen LogP contribution is 2.20. The van der Waals surface area contributed by atoms with Crippen LogP contribution >= 0.6 is 0 Å². The number of nitrogens with zero attached hydrogens (tertiary/aromatic N) is 3. The lowest BCUT2D eigenvalue weighted by molar-refractivity contribution is 0.499. The van der Waals surface area contributed by atoms with Crippen molar-refractivity contribution >= 4 is 5.69 Å². The Bertz CT molecular complexity index is 967. The third-order valence-electron chi connectivity index (χ3n) is 4.30. The summed E-state index contributed by atoms with van der Waals surface area (Å²) in [5.74, 6) is 0.814. The molecule has 6 nitrogen and oxygen atoms in total. The Balaban J connectivity index is 1.99. The second kappa shape index (κ2) is 6.84. The molecule has 1 aromatic carbocycles. The predicted molar refractivity (Wildman–Crippen MR) is 96.7 cm³/mol. The molecule has 0 aliphatic carbocycles. The Labute approximate surface area is 145 Å². The monoisotopic (exact) mass is 339 g/mol. The van der Waals surface area contributed by atoms with Gasteiger partial charge >= 0.3 is 5.69 Å². The van der Waals surface area contributed by atoms with Gasteiger partial charge in [0, 0.05) is 31.5 Å².